The van der Waals surface area contributed by atoms with Gasteiger partial charge in [-0.1, -0.05) is 11.8 Å². The van der Waals surface area contributed by atoms with Gasteiger partial charge < -0.3 is 9.47 Å². The number of rotatable bonds is 8. The Bertz CT molecular complexity index is 1030. The van der Waals surface area contributed by atoms with Crippen molar-refractivity contribution >= 4 is 33.4 Å². The van der Waals surface area contributed by atoms with Crippen LogP contribution in [0.4, 0.5) is 10.1 Å². The van der Waals surface area contributed by atoms with E-state index in [-0.39, 0.29) is 30.3 Å². The molecule has 0 aliphatic carbocycles. The van der Waals surface area contributed by atoms with Crippen LogP contribution in [0.5, 0.6) is 0 Å². The number of piperidine rings is 1. The zero-order chi connectivity index (χ0) is 23.5. The molecule has 1 aliphatic rings. The number of hydrogen-bond acceptors (Lipinski definition) is 6. The van der Waals surface area contributed by atoms with E-state index in [9.17, 15) is 17.6 Å². The molecule has 2 atom stereocenters. The molecule has 0 radical (unpaired) electrons. The van der Waals surface area contributed by atoms with Gasteiger partial charge in [0.2, 0.25) is 15.9 Å². The Morgan fingerprint density at radius 2 is 1.81 bits per heavy atom. The number of aromatic nitrogens is 3. The van der Waals surface area contributed by atoms with E-state index in [1.54, 1.807) is 0 Å². The summed E-state index contributed by atoms with van der Waals surface area (Å²) in [5.41, 5.74) is 0.344. The summed E-state index contributed by atoms with van der Waals surface area (Å²) in [4.78, 5) is 14.8. The van der Waals surface area contributed by atoms with E-state index in [0.717, 1.165) is 25.5 Å². The summed E-state index contributed by atoms with van der Waals surface area (Å²) in [5.74, 6) is 0.336. The second kappa shape index (κ2) is 10.2. The third-order valence-electron chi connectivity index (χ3n) is 5.72. The van der Waals surface area contributed by atoms with Crippen molar-refractivity contribution in [2.24, 2.45) is 0 Å². The first-order valence-corrected chi connectivity index (χ1v) is 13.5. The lowest BCUT2D eigenvalue weighted by Crippen LogP contribution is -2.48. The number of amides is 1. The predicted octanol–water partition coefficient (Wildman–Crippen LogP) is 3.28. The fraction of sp³-hybridized carbons (Fsp3) is 0.571. The normalized spacial score (nSPS) is 19.2. The number of benzene rings is 1. The van der Waals surface area contributed by atoms with E-state index < -0.39 is 15.8 Å². The topological polar surface area (TPSA) is 88.4 Å². The molecule has 8 nitrogen and oxygen atoms in total. The molecular weight excluding hydrogens is 453 g/mol. The molecule has 1 aromatic heterocycles. The molecule has 0 bridgehead atoms. The zero-order valence-electron chi connectivity index (χ0n) is 18.9. The number of sulfonamides is 1. The van der Waals surface area contributed by atoms with Gasteiger partial charge in [0.25, 0.3) is 0 Å². The molecule has 1 aliphatic heterocycles. The standard InChI is InChI=1S/C21H30FN5O3S2/c1-5-25-19(13-26(32(4,29)30)18-11-9-17(22)10-12-18)23-24-21(25)31-14-20(28)27-15(2)7-6-8-16(27)3/h9-12,15-16H,5-8,13-14H2,1-4H3/t15-,16-/m1/s1. The number of halogens is 1. The largest absolute Gasteiger partial charge is 0.337 e. The molecule has 1 fully saturated rings. The summed E-state index contributed by atoms with van der Waals surface area (Å²) in [6, 6.07) is 5.72. The summed E-state index contributed by atoms with van der Waals surface area (Å²) in [5, 5.41) is 8.97. The predicted molar refractivity (Wildman–Crippen MR) is 123 cm³/mol. The monoisotopic (exact) mass is 483 g/mol. The minimum Gasteiger partial charge on any atom is -0.337 e. The molecule has 11 heteroatoms. The molecule has 0 spiro atoms. The Morgan fingerprint density at radius 1 is 1.19 bits per heavy atom. The molecule has 2 heterocycles. The van der Waals surface area contributed by atoms with E-state index in [0.29, 0.717) is 23.2 Å². The fourth-order valence-electron chi connectivity index (χ4n) is 4.11. The average molecular weight is 484 g/mol. The van der Waals surface area contributed by atoms with Crippen LogP contribution in [-0.4, -0.2) is 58.1 Å². The Labute approximate surface area is 193 Å². The van der Waals surface area contributed by atoms with Crippen LogP contribution in [0.3, 0.4) is 0 Å². The lowest BCUT2D eigenvalue weighted by Gasteiger charge is -2.39. The Balaban J connectivity index is 1.76. The molecule has 2 aromatic rings. The van der Waals surface area contributed by atoms with Gasteiger partial charge in [-0.15, -0.1) is 10.2 Å². The number of thioether (sulfide) groups is 1. The van der Waals surface area contributed by atoms with E-state index in [2.05, 4.69) is 24.0 Å². The van der Waals surface area contributed by atoms with E-state index >= 15 is 0 Å². The molecule has 32 heavy (non-hydrogen) atoms. The van der Waals surface area contributed by atoms with Crippen molar-refractivity contribution < 1.29 is 17.6 Å². The highest BCUT2D eigenvalue weighted by Crippen LogP contribution is 2.26. The molecule has 3 rings (SSSR count). The van der Waals surface area contributed by atoms with Crippen LogP contribution in [0.25, 0.3) is 0 Å². The lowest BCUT2D eigenvalue weighted by atomic mass is 9.98. The van der Waals surface area contributed by atoms with Crippen LogP contribution in [0.1, 0.15) is 45.9 Å². The molecule has 0 unspecified atom stereocenters. The third kappa shape index (κ3) is 5.61. The molecule has 1 amide bonds. The second-order valence-corrected chi connectivity index (χ2v) is 11.0. The third-order valence-corrected chi connectivity index (χ3v) is 7.81. The SMILES string of the molecule is CCn1c(CN(c2ccc(F)cc2)S(C)(=O)=O)nnc1SCC(=O)N1[C@H](C)CCC[C@H]1C. The first-order valence-electron chi connectivity index (χ1n) is 10.7. The van der Waals surface area contributed by atoms with Crippen molar-refractivity contribution in [2.45, 2.75) is 70.4 Å². The Kier molecular flexibility index (Phi) is 7.81. The summed E-state index contributed by atoms with van der Waals surface area (Å²) < 4.78 is 41.1. The summed E-state index contributed by atoms with van der Waals surface area (Å²) >= 11 is 1.31. The quantitative estimate of drug-likeness (QED) is 0.536. The molecule has 1 saturated heterocycles. The van der Waals surface area contributed by atoms with Crippen LogP contribution in [0, 0.1) is 5.82 Å². The highest BCUT2D eigenvalue weighted by Gasteiger charge is 2.29. The van der Waals surface area contributed by atoms with Gasteiger partial charge in [-0.05, 0) is 64.3 Å². The number of carbonyl (C=O) groups excluding carboxylic acids is 1. The summed E-state index contributed by atoms with van der Waals surface area (Å²) in [7, 11) is -3.64. The van der Waals surface area contributed by atoms with E-state index in [4.69, 9.17) is 0 Å². The minimum atomic E-state index is -3.64. The van der Waals surface area contributed by atoms with Gasteiger partial charge in [0.05, 0.1) is 24.2 Å². The van der Waals surface area contributed by atoms with Gasteiger partial charge in [-0.3, -0.25) is 9.10 Å². The van der Waals surface area contributed by atoms with Crippen LogP contribution in [0.2, 0.25) is 0 Å². The first-order chi connectivity index (χ1) is 15.1. The van der Waals surface area contributed by atoms with Gasteiger partial charge in [-0.2, -0.15) is 0 Å². The van der Waals surface area contributed by atoms with Crippen molar-refractivity contribution in [2.75, 3.05) is 16.3 Å². The molecular formula is C21H30FN5O3S2. The summed E-state index contributed by atoms with van der Waals surface area (Å²) in [6.07, 6.45) is 4.26. The van der Waals surface area contributed by atoms with Gasteiger partial charge in [-0.25, -0.2) is 12.8 Å². The second-order valence-electron chi connectivity index (χ2n) is 8.11. The number of nitrogens with zero attached hydrogens (tertiary/aromatic N) is 5. The van der Waals surface area contributed by atoms with Gasteiger partial charge in [0.1, 0.15) is 5.82 Å². The average Bonchev–Trinajstić information content (AvgIpc) is 3.12. The van der Waals surface area contributed by atoms with Gasteiger partial charge in [0.15, 0.2) is 11.0 Å². The van der Waals surface area contributed by atoms with Crippen LogP contribution in [0.15, 0.2) is 29.4 Å². The fourth-order valence-corrected chi connectivity index (χ4v) is 5.86. The van der Waals surface area contributed by atoms with E-state index in [1.165, 1.54) is 40.3 Å². The van der Waals surface area contributed by atoms with E-state index in [1.807, 2.05) is 16.4 Å². The van der Waals surface area contributed by atoms with Gasteiger partial charge >= 0.3 is 0 Å². The highest BCUT2D eigenvalue weighted by molar-refractivity contribution is 7.99. The smallest absolute Gasteiger partial charge is 0.233 e. The van der Waals surface area contributed by atoms with Crippen molar-refractivity contribution in [3.8, 4) is 0 Å². The zero-order valence-corrected chi connectivity index (χ0v) is 20.5. The van der Waals surface area contributed by atoms with Crippen molar-refractivity contribution in [1.82, 2.24) is 19.7 Å². The maximum atomic E-state index is 13.3. The molecule has 1 aromatic carbocycles. The van der Waals surface area contributed by atoms with Crippen LogP contribution < -0.4 is 4.31 Å². The number of likely N-dealkylation sites (tertiary alicyclic amines) is 1. The summed E-state index contributed by atoms with van der Waals surface area (Å²) in [6.45, 7) is 6.56. The number of hydrogen-bond donors (Lipinski definition) is 0. The Morgan fingerprint density at radius 3 is 2.38 bits per heavy atom. The van der Waals surface area contributed by atoms with Crippen molar-refractivity contribution in [3.63, 3.8) is 0 Å². The lowest BCUT2D eigenvalue weighted by molar-refractivity contribution is -0.134. The molecule has 0 N–H and O–H groups in total. The Hall–Kier alpha value is -2.14. The highest BCUT2D eigenvalue weighted by atomic mass is 32.2. The van der Waals surface area contributed by atoms with Crippen LogP contribution in [-0.2, 0) is 27.9 Å². The number of anilines is 1. The number of carbonyl (C=O) groups is 1. The molecule has 0 saturated carbocycles. The first kappa shape index (κ1) is 24.5. The van der Waals surface area contributed by atoms with Crippen molar-refractivity contribution in [3.05, 3.63) is 35.9 Å². The van der Waals surface area contributed by atoms with Gasteiger partial charge in [0, 0.05) is 18.6 Å². The van der Waals surface area contributed by atoms with Crippen LogP contribution >= 0.6 is 11.8 Å². The maximum absolute atomic E-state index is 13.3. The van der Waals surface area contributed by atoms with Crippen molar-refractivity contribution in [1.29, 1.82) is 0 Å². The minimum absolute atomic E-state index is 0.0417. The molecule has 176 valence electrons. The maximum Gasteiger partial charge on any atom is 0.233 e.